The lowest BCUT2D eigenvalue weighted by molar-refractivity contribution is -0.385. The van der Waals surface area contributed by atoms with Crippen LogP contribution in [0.1, 0.15) is 23.4 Å². The van der Waals surface area contributed by atoms with Gasteiger partial charge in [-0.05, 0) is 17.5 Å². The largest absolute Gasteiger partial charge is 0.467 e. The third kappa shape index (κ3) is 7.16. The van der Waals surface area contributed by atoms with E-state index in [1.807, 2.05) is 0 Å². The molecule has 0 bridgehead atoms. The van der Waals surface area contributed by atoms with Gasteiger partial charge < -0.3 is 24.8 Å². The van der Waals surface area contributed by atoms with Crippen LogP contribution in [0, 0.1) is 10.1 Å². The highest BCUT2D eigenvalue weighted by Gasteiger charge is 2.34. The molecule has 0 aliphatic rings. The first-order valence-electron chi connectivity index (χ1n) is 9.43. The monoisotopic (exact) mass is 466 g/mol. The first-order valence-corrected chi connectivity index (χ1v) is 11.3. The van der Waals surface area contributed by atoms with E-state index in [0.717, 1.165) is 18.7 Å². The second-order valence-corrected chi connectivity index (χ2v) is 9.22. The van der Waals surface area contributed by atoms with Crippen molar-refractivity contribution in [2.45, 2.75) is 24.9 Å². The summed E-state index contributed by atoms with van der Waals surface area (Å²) in [7, 11) is -3.25. The van der Waals surface area contributed by atoms with Crippen LogP contribution < -0.4 is 5.32 Å². The van der Waals surface area contributed by atoms with E-state index >= 15 is 0 Å². The quantitative estimate of drug-likeness (QED) is 0.206. The Hall–Kier alpha value is -3.27. The highest BCUT2D eigenvalue weighted by molar-refractivity contribution is 7.58. The molecule has 3 N–H and O–H groups in total. The number of hydrogen-bond donors (Lipinski definition) is 3. The van der Waals surface area contributed by atoms with Gasteiger partial charge in [-0.15, -0.1) is 0 Å². The molecule has 172 valence electrons. The van der Waals surface area contributed by atoms with Crippen LogP contribution in [0.5, 0.6) is 0 Å². The Morgan fingerprint density at radius 3 is 2.50 bits per heavy atom. The Kier molecular flexibility index (Phi) is 8.89. The molecule has 3 atom stereocenters. The normalized spacial score (nSPS) is 14.5. The molecule has 0 radical (unpaired) electrons. The zero-order valence-electron chi connectivity index (χ0n) is 17.1. The van der Waals surface area contributed by atoms with Crippen molar-refractivity contribution in [1.82, 2.24) is 5.32 Å². The number of carbonyl (C=O) groups is 2. The number of nitro benzene ring substituents is 1. The molecule has 2 unspecified atom stereocenters. The fraction of sp³-hybridized carbons (Fsp3) is 0.300. The Bertz CT molecular complexity index is 1000. The van der Waals surface area contributed by atoms with Gasteiger partial charge in [0, 0.05) is 18.3 Å². The SMILES string of the molecule is COC(=O)[C@H](CCP(=O)(O)C(O)c1cccc([N+](=O)[O-])c1)NC(=O)OCc1ccccc1. The summed E-state index contributed by atoms with van der Waals surface area (Å²) in [5, 5.41) is 23.4. The van der Waals surface area contributed by atoms with Gasteiger partial charge in [0.2, 0.25) is 7.37 Å². The number of nitrogens with zero attached hydrogens (tertiary/aromatic N) is 1. The molecule has 0 aliphatic heterocycles. The average molecular weight is 466 g/mol. The van der Waals surface area contributed by atoms with Crippen molar-refractivity contribution in [3.8, 4) is 0 Å². The topological polar surface area (TPSA) is 165 Å². The van der Waals surface area contributed by atoms with E-state index in [1.165, 1.54) is 18.2 Å². The molecule has 2 aromatic carbocycles. The number of aliphatic hydroxyl groups is 1. The molecular formula is C20H23N2O9P. The van der Waals surface area contributed by atoms with E-state index in [1.54, 1.807) is 30.3 Å². The van der Waals surface area contributed by atoms with E-state index in [-0.39, 0.29) is 24.3 Å². The molecule has 32 heavy (non-hydrogen) atoms. The molecule has 2 rings (SSSR count). The first-order chi connectivity index (χ1) is 15.1. The molecule has 0 heterocycles. The number of amides is 1. The van der Waals surface area contributed by atoms with Gasteiger partial charge in [0.15, 0.2) is 5.85 Å². The summed E-state index contributed by atoms with van der Waals surface area (Å²) in [5.74, 6) is -2.78. The number of nitro groups is 1. The van der Waals surface area contributed by atoms with Crippen molar-refractivity contribution in [2.24, 2.45) is 0 Å². The number of aliphatic hydroxyl groups excluding tert-OH is 1. The third-order valence-corrected chi connectivity index (χ3v) is 6.45. The number of non-ortho nitro benzene ring substituents is 1. The number of benzene rings is 2. The second kappa shape index (κ2) is 11.4. The molecule has 0 aliphatic carbocycles. The van der Waals surface area contributed by atoms with E-state index in [4.69, 9.17) is 4.74 Å². The zero-order chi connectivity index (χ0) is 23.7. The van der Waals surface area contributed by atoms with Crippen molar-refractivity contribution < 1.29 is 38.6 Å². The van der Waals surface area contributed by atoms with Gasteiger partial charge in [0.1, 0.15) is 12.6 Å². The predicted octanol–water partition coefficient (Wildman–Crippen LogP) is 2.71. The van der Waals surface area contributed by atoms with Crippen LogP contribution in [-0.4, -0.2) is 46.3 Å². The van der Waals surface area contributed by atoms with E-state index in [9.17, 15) is 34.3 Å². The van der Waals surface area contributed by atoms with Crippen molar-refractivity contribution in [2.75, 3.05) is 13.3 Å². The zero-order valence-corrected chi connectivity index (χ0v) is 18.0. The van der Waals surface area contributed by atoms with E-state index in [0.29, 0.717) is 0 Å². The van der Waals surface area contributed by atoms with E-state index < -0.39 is 42.4 Å². The minimum Gasteiger partial charge on any atom is -0.467 e. The van der Waals surface area contributed by atoms with Gasteiger partial charge >= 0.3 is 12.1 Å². The summed E-state index contributed by atoms with van der Waals surface area (Å²) in [6.07, 6.45) is -1.85. The van der Waals surface area contributed by atoms with Gasteiger partial charge in [-0.3, -0.25) is 14.7 Å². The predicted molar refractivity (Wildman–Crippen MR) is 113 cm³/mol. The van der Waals surface area contributed by atoms with Crippen LogP contribution in [0.2, 0.25) is 0 Å². The molecular weight excluding hydrogens is 443 g/mol. The number of esters is 1. The number of carbonyl (C=O) groups excluding carboxylic acids is 2. The molecule has 2 aromatic rings. The first kappa shape index (κ1) is 25.0. The molecule has 0 saturated heterocycles. The summed E-state index contributed by atoms with van der Waals surface area (Å²) in [5.41, 5.74) is 0.254. The molecule has 11 nitrogen and oxygen atoms in total. The minimum absolute atomic E-state index is 0.0510. The van der Waals surface area contributed by atoms with Crippen LogP contribution in [0.15, 0.2) is 54.6 Å². The summed E-state index contributed by atoms with van der Waals surface area (Å²) < 4.78 is 22.3. The lowest BCUT2D eigenvalue weighted by Gasteiger charge is -2.21. The Balaban J connectivity index is 2.01. The molecule has 1 amide bonds. The maximum atomic E-state index is 12.6. The minimum atomic E-state index is -4.33. The average Bonchev–Trinajstić information content (AvgIpc) is 2.80. The van der Waals surface area contributed by atoms with Gasteiger partial charge in [-0.2, -0.15) is 0 Å². The maximum Gasteiger partial charge on any atom is 0.408 e. The van der Waals surface area contributed by atoms with Gasteiger partial charge in [0.25, 0.3) is 5.69 Å². The summed E-state index contributed by atoms with van der Waals surface area (Å²) >= 11 is 0. The molecule has 12 heteroatoms. The smallest absolute Gasteiger partial charge is 0.408 e. The lowest BCUT2D eigenvalue weighted by Crippen LogP contribution is -2.42. The third-order valence-electron chi connectivity index (χ3n) is 4.49. The van der Waals surface area contributed by atoms with Crippen molar-refractivity contribution in [3.63, 3.8) is 0 Å². The fourth-order valence-electron chi connectivity index (χ4n) is 2.77. The highest BCUT2D eigenvalue weighted by Crippen LogP contribution is 2.54. The van der Waals surface area contributed by atoms with Crippen molar-refractivity contribution >= 4 is 25.1 Å². The van der Waals surface area contributed by atoms with Crippen LogP contribution in [0.3, 0.4) is 0 Å². The standard InChI is InChI=1S/C20H23N2O9P/c1-30-18(23)17(21-20(25)31-13-14-6-3-2-4-7-14)10-11-32(28,29)19(24)15-8-5-9-16(12-15)22(26)27/h2-9,12,17,19,24H,10-11,13H2,1H3,(H,21,25)(H,28,29)/t17-,19?/m0/s1. The number of hydrogen-bond acceptors (Lipinski definition) is 8. The number of rotatable bonds is 10. The van der Waals surface area contributed by atoms with Crippen LogP contribution in [0.25, 0.3) is 0 Å². The van der Waals surface area contributed by atoms with Crippen molar-refractivity contribution in [3.05, 3.63) is 75.8 Å². The van der Waals surface area contributed by atoms with Gasteiger partial charge in [-0.1, -0.05) is 42.5 Å². The Morgan fingerprint density at radius 1 is 1.19 bits per heavy atom. The molecule has 0 saturated carbocycles. The van der Waals surface area contributed by atoms with Gasteiger partial charge in [0.05, 0.1) is 12.0 Å². The van der Waals surface area contributed by atoms with Crippen LogP contribution in [0.4, 0.5) is 10.5 Å². The lowest BCUT2D eigenvalue weighted by atomic mass is 10.2. The summed E-state index contributed by atoms with van der Waals surface area (Å²) in [6.45, 7) is -0.0510. The number of nitrogens with one attached hydrogen (secondary N) is 1. The van der Waals surface area contributed by atoms with Crippen LogP contribution in [-0.2, 0) is 25.4 Å². The molecule has 0 fully saturated rings. The van der Waals surface area contributed by atoms with Gasteiger partial charge in [-0.25, -0.2) is 9.59 Å². The van der Waals surface area contributed by atoms with Crippen LogP contribution >= 0.6 is 7.37 Å². The summed E-state index contributed by atoms with van der Waals surface area (Å²) in [4.78, 5) is 44.5. The maximum absolute atomic E-state index is 12.6. The Labute approximate surface area is 183 Å². The molecule has 0 spiro atoms. The number of alkyl carbamates (subject to hydrolysis) is 1. The highest BCUT2D eigenvalue weighted by atomic mass is 31.2. The number of methoxy groups -OCH3 is 1. The Morgan fingerprint density at radius 2 is 1.88 bits per heavy atom. The fourth-order valence-corrected chi connectivity index (χ4v) is 4.27. The van der Waals surface area contributed by atoms with Crippen molar-refractivity contribution in [1.29, 1.82) is 0 Å². The molecule has 0 aromatic heterocycles. The van der Waals surface area contributed by atoms with E-state index in [2.05, 4.69) is 10.1 Å². The summed E-state index contributed by atoms with van der Waals surface area (Å²) in [6, 6.07) is 12.2. The number of ether oxygens (including phenoxy) is 2. The second-order valence-electron chi connectivity index (χ2n) is 6.78.